The first-order chi connectivity index (χ1) is 6.79. The highest BCUT2D eigenvalue weighted by Gasteiger charge is 2.09. The Kier molecular flexibility index (Phi) is 4.12. The fourth-order valence-electron chi connectivity index (χ4n) is 1.24. The van der Waals surface area contributed by atoms with E-state index in [1.165, 1.54) is 4.57 Å². The maximum absolute atomic E-state index is 11.8. The predicted octanol–water partition coefficient (Wildman–Crippen LogP) is 3.41. The molecule has 2 rings (SSSR count). The van der Waals surface area contributed by atoms with Crippen molar-refractivity contribution in [1.29, 1.82) is 0 Å². The third kappa shape index (κ3) is 2.49. The summed E-state index contributed by atoms with van der Waals surface area (Å²) in [7, 11) is 0. The Labute approximate surface area is 103 Å². The minimum atomic E-state index is -0.111. The average Bonchev–Trinajstić information content (AvgIpc) is 2.70. The SMILES string of the molecule is Br.O=C(c1ccccc1Cl)n1cccc1. The molecule has 2 nitrogen and oxygen atoms in total. The van der Waals surface area contributed by atoms with Gasteiger partial charge < -0.3 is 0 Å². The molecule has 1 aromatic carbocycles. The average molecular weight is 287 g/mol. The number of carbonyl (C=O) groups is 1. The largest absolute Gasteiger partial charge is 0.291 e. The van der Waals surface area contributed by atoms with E-state index in [4.69, 9.17) is 11.6 Å². The first-order valence-electron chi connectivity index (χ1n) is 4.21. The Balaban J connectivity index is 0.00000112. The van der Waals surface area contributed by atoms with Crippen LogP contribution in [0.5, 0.6) is 0 Å². The number of carbonyl (C=O) groups excluding carboxylic acids is 1. The van der Waals surface area contributed by atoms with Crippen LogP contribution in [0.25, 0.3) is 0 Å². The Morgan fingerprint density at radius 3 is 2.27 bits per heavy atom. The second-order valence-electron chi connectivity index (χ2n) is 2.88. The number of nitrogens with zero attached hydrogens (tertiary/aromatic N) is 1. The van der Waals surface area contributed by atoms with Crippen LogP contribution in [0, 0.1) is 0 Å². The molecule has 0 amide bonds. The highest BCUT2D eigenvalue weighted by molar-refractivity contribution is 8.93. The minimum absolute atomic E-state index is 0. The van der Waals surface area contributed by atoms with E-state index in [1.54, 1.807) is 48.8 Å². The van der Waals surface area contributed by atoms with Gasteiger partial charge in [0, 0.05) is 12.4 Å². The van der Waals surface area contributed by atoms with Crippen LogP contribution in [0.3, 0.4) is 0 Å². The summed E-state index contributed by atoms with van der Waals surface area (Å²) < 4.78 is 1.50. The molecular formula is C11H9BrClNO. The number of benzene rings is 1. The van der Waals surface area contributed by atoms with Gasteiger partial charge in [-0.3, -0.25) is 9.36 Å². The zero-order valence-corrected chi connectivity index (χ0v) is 10.2. The van der Waals surface area contributed by atoms with Crippen LogP contribution >= 0.6 is 28.6 Å². The molecule has 0 fully saturated rings. The van der Waals surface area contributed by atoms with Crippen LogP contribution in [-0.2, 0) is 0 Å². The summed E-state index contributed by atoms with van der Waals surface area (Å²) in [6.45, 7) is 0. The van der Waals surface area contributed by atoms with Gasteiger partial charge in [-0.05, 0) is 24.3 Å². The Bertz CT molecular complexity index is 453. The molecule has 0 atom stereocenters. The molecule has 15 heavy (non-hydrogen) atoms. The third-order valence-electron chi connectivity index (χ3n) is 1.94. The predicted molar refractivity (Wildman–Crippen MR) is 65.9 cm³/mol. The first kappa shape index (κ1) is 12.0. The molecule has 1 aromatic heterocycles. The van der Waals surface area contributed by atoms with Crippen molar-refractivity contribution in [3.05, 3.63) is 59.4 Å². The van der Waals surface area contributed by atoms with E-state index in [-0.39, 0.29) is 22.9 Å². The van der Waals surface area contributed by atoms with Gasteiger partial charge in [-0.15, -0.1) is 17.0 Å². The molecular weight excluding hydrogens is 277 g/mol. The van der Waals surface area contributed by atoms with Crippen molar-refractivity contribution in [2.45, 2.75) is 0 Å². The fourth-order valence-corrected chi connectivity index (χ4v) is 1.46. The number of rotatable bonds is 1. The van der Waals surface area contributed by atoms with Gasteiger partial charge in [0.2, 0.25) is 0 Å². The lowest BCUT2D eigenvalue weighted by atomic mass is 10.2. The summed E-state index contributed by atoms with van der Waals surface area (Å²) in [6.07, 6.45) is 3.40. The fraction of sp³-hybridized carbons (Fsp3) is 0. The summed E-state index contributed by atoms with van der Waals surface area (Å²) in [4.78, 5) is 11.8. The van der Waals surface area contributed by atoms with E-state index in [0.717, 1.165) is 0 Å². The van der Waals surface area contributed by atoms with E-state index in [2.05, 4.69) is 0 Å². The minimum Gasteiger partial charge on any atom is -0.291 e. The lowest BCUT2D eigenvalue weighted by Crippen LogP contribution is -2.09. The van der Waals surface area contributed by atoms with Crippen LogP contribution in [-0.4, -0.2) is 10.5 Å². The van der Waals surface area contributed by atoms with E-state index >= 15 is 0 Å². The Morgan fingerprint density at radius 2 is 1.67 bits per heavy atom. The van der Waals surface area contributed by atoms with Crippen LogP contribution in [0.4, 0.5) is 0 Å². The van der Waals surface area contributed by atoms with Crippen LogP contribution in [0.2, 0.25) is 5.02 Å². The van der Waals surface area contributed by atoms with Crippen molar-refractivity contribution in [2.75, 3.05) is 0 Å². The standard InChI is InChI=1S/C11H8ClNO.BrH/c12-10-6-2-1-5-9(10)11(14)13-7-3-4-8-13;/h1-8H;1H. The molecule has 1 heterocycles. The van der Waals surface area contributed by atoms with Crippen molar-refractivity contribution >= 4 is 34.5 Å². The van der Waals surface area contributed by atoms with Gasteiger partial charge in [0.1, 0.15) is 0 Å². The monoisotopic (exact) mass is 285 g/mol. The van der Waals surface area contributed by atoms with Gasteiger partial charge in [0.25, 0.3) is 5.91 Å². The molecule has 2 aromatic rings. The second kappa shape index (κ2) is 5.14. The third-order valence-corrected chi connectivity index (χ3v) is 2.27. The van der Waals surface area contributed by atoms with E-state index in [9.17, 15) is 4.79 Å². The molecule has 0 radical (unpaired) electrons. The van der Waals surface area contributed by atoms with E-state index in [1.807, 2.05) is 0 Å². The lowest BCUT2D eigenvalue weighted by molar-refractivity contribution is 0.0960. The summed E-state index contributed by atoms with van der Waals surface area (Å²) in [5.41, 5.74) is 0.519. The molecule has 0 aliphatic rings. The number of hydrogen-bond donors (Lipinski definition) is 0. The van der Waals surface area contributed by atoms with Crippen LogP contribution in [0.15, 0.2) is 48.8 Å². The summed E-state index contributed by atoms with van der Waals surface area (Å²) in [5, 5.41) is 0.478. The highest BCUT2D eigenvalue weighted by Crippen LogP contribution is 2.16. The van der Waals surface area contributed by atoms with Crippen LogP contribution < -0.4 is 0 Å². The molecule has 0 unspecified atom stereocenters. The molecule has 0 spiro atoms. The topological polar surface area (TPSA) is 22.0 Å². The molecule has 0 N–H and O–H groups in total. The zero-order chi connectivity index (χ0) is 9.97. The smallest absolute Gasteiger partial charge is 0.263 e. The van der Waals surface area contributed by atoms with Crippen molar-refractivity contribution in [1.82, 2.24) is 4.57 Å². The molecule has 78 valence electrons. The lowest BCUT2D eigenvalue weighted by Gasteiger charge is -2.03. The van der Waals surface area contributed by atoms with Gasteiger partial charge in [-0.25, -0.2) is 0 Å². The second-order valence-corrected chi connectivity index (χ2v) is 3.28. The number of aromatic nitrogens is 1. The van der Waals surface area contributed by atoms with Gasteiger partial charge >= 0.3 is 0 Å². The number of halogens is 2. The van der Waals surface area contributed by atoms with Gasteiger partial charge in [-0.1, -0.05) is 23.7 Å². The molecule has 0 aliphatic heterocycles. The van der Waals surface area contributed by atoms with E-state index < -0.39 is 0 Å². The quantitative estimate of drug-likeness (QED) is 0.787. The van der Waals surface area contributed by atoms with Gasteiger partial charge in [0.05, 0.1) is 10.6 Å². The van der Waals surface area contributed by atoms with Crippen molar-refractivity contribution < 1.29 is 4.79 Å². The molecule has 0 saturated heterocycles. The highest BCUT2D eigenvalue weighted by atomic mass is 79.9. The maximum atomic E-state index is 11.8. The van der Waals surface area contributed by atoms with Crippen molar-refractivity contribution in [2.24, 2.45) is 0 Å². The van der Waals surface area contributed by atoms with E-state index in [0.29, 0.717) is 10.6 Å². The Morgan fingerprint density at radius 1 is 1.07 bits per heavy atom. The Hall–Kier alpha value is -1.06. The maximum Gasteiger partial charge on any atom is 0.263 e. The van der Waals surface area contributed by atoms with Crippen LogP contribution in [0.1, 0.15) is 10.4 Å². The van der Waals surface area contributed by atoms with Gasteiger partial charge in [-0.2, -0.15) is 0 Å². The zero-order valence-electron chi connectivity index (χ0n) is 7.76. The van der Waals surface area contributed by atoms with Gasteiger partial charge in [0.15, 0.2) is 0 Å². The molecule has 0 aliphatic carbocycles. The first-order valence-corrected chi connectivity index (χ1v) is 4.59. The molecule has 0 saturated carbocycles. The summed E-state index contributed by atoms with van der Waals surface area (Å²) in [5.74, 6) is -0.111. The summed E-state index contributed by atoms with van der Waals surface area (Å²) >= 11 is 5.90. The molecule has 4 heteroatoms. The van der Waals surface area contributed by atoms with Crippen molar-refractivity contribution in [3.8, 4) is 0 Å². The molecule has 0 bridgehead atoms. The summed E-state index contributed by atoms with van der Waals surface area (Å²) in [6, 6.07) is 10.6. The van der Waals surface area contributed by atoms with Crippen molar-refractivity contribution in [3.63, 3.8) is 0 Å². The number of hydrogen-bond acceptors (Lipinski definition) is 1. The normalized spacial score (nSPS) is 9.40.